The third-order valence-corrected chi connectivity index (χ3v) is 4.80. The molecule has 0 aliphatic carbocycles. The molecule has 0 radical (unpaired) electrons. The first-order chi connectivity index (χ1) is 15.6. The molecule has 4 nitrogen and oxygen atoms in total. The molecule has 0 N–H and O–H groups in total. The minimum Gasteiger partial charge on any atom is -0.485 e. The molecule has 0 aromatic carbocycles. The van der Waals surface area contributed by atoms with Gasteiger partial charge in [0.25, 0.3) is 5.76 Å². The molecule has 1 aromatic heterocycles. The van der Waals surface area contributed by atoms with Crippen LogP contribution < -0.4 is 9.47 Å². The number of fused-ring (bicyclic) bond motifs is 1. The van der Waals surface area contributed by atoms with E-state index in [0.29, 0.717) is 0 Å². The molecule has 2 heterocycles. The van der Waals surface area contributed by atoms with E-state index >= 15 is 0 Å². The van der Waals surface area contributed by atoms with Gasteiger partial charge in [-0.25, -0.2) is 0 Å². The quantitative estimate of drug-likeness (QED) is 0.144. The average molecular weight is 568 g/mol. The molecule has 0 bridgehead atoms. The predicted molar refractivity (Wildman–Crippen MR) is 81.3 cm³/mol. The second-order valence-corrected chi connectivity index (χ2v) is 7.22. The van der Waals surface area contributed by atoms with Gasteiger partial charge in [-0.1, -0.05) is 0 Å². The maximum atomic E-state index is 13.9. The number of thiophene rings is 1. The Morgan fingerprint density at radius 2 is 1.31 bits per heavy atom. The largest absolute Gasteiger partial charge is 0.485 e. The van der Waals surface area contributed by atoms with Crippen LogP contribution in [0.3, 0.4) is 0 Å². The molecule has 1 aliphatic rings. The fraction of sp³-hybridized carbons (Fsp3) is 0.600. The highest BCUT2D eigenvalue weighted by Crippen LogP contribution is 2.61. The van der Waals surface area contributed by atoms with Crippen molar-refractivity contribution in [1.82, 2.24) is 0 Å². The van der Waals surface area contributed by atoms with E-state index in [1.807, 2.05) is 0 Å². The molecule has 1 atom stereocenters. The first-order valence-electron chi connectivity index (χ1n) is 8.29. The Labute approximate surface area is 186 Å². The molecule has 0 saturated heterocycles. The molecule has 1 unspecified atom stereocenters. The van der Waals surface area contributed by atoms with Gasteiger partial charge in [0, 0.05) is 10.8 Å². The van der Waals surface area contributed by atoms with E-state index in [9.17, 15) is 65.9 Å². The van der Waals surface area contributed by atoms with Gasteiger partial charge in [0.2, 0.25) is 0 Å². The highest BCUT2D eigenvalue weighted by Gasteiger charge is 2.91. The van der Waals surface area contributed by atoms with E-state index < -0.39 is 66.9 Å². The first kappa shape index (κ1) is 29.0. The van der Waals surface area contributed by atoms with E-state index in [2.05, 4.69) is 9.78 Å². The molecule has 2 rings (SSSR count). The molecular weight excluding hydrogens is 561 g/mol. The summed E-state index contributed by atoms with van der Waals surface area (Å²) < 4.78 is 206. The van der Waals surface area contributed by atoms with Crippen LogP contribution in [0.25, 0.3) is 0 Å². The Kier molecular flexibility index (Phi) is 7.45. The first-order valence-corrected chi connectivity index (χ1v) is 9.23. The molecule has 0 saturated carbocycles. The zero-order valence-corrected chi connectivity index (χ0v) is 16.7. The van der Waals surface area contributed by atoms with Crippen molar-refractivity contribution in [2.75, 3.05) is 13.2 Å². The van der Waals surface area contributed by atoms with Crippen molar-refractivity contribution in [3.63, 3.8) is 0 Å². The average Bonchev–Trinajstić information content (AvgIpc) is 3.17. The van der Waals surface area contributed by atoms with Crippen molar-refractivity contribution in [3.8, 4) is 11.5 Å². The second-order valence-electron chi connectivity index (χ2n) is 6.48. The lowest BCUT2D eigenvalue weighted by Crippen LogP contribution is -2.70. The standard InChI is InChI=1S/C15H7F15O4S/c16-9(17)8(34-32-2-5-1-31-6-3-35-4-7(6)33-5)10(18,19)11(20,21)12(22,23)13(24,25)14(26,27)15(28,29)30/h3-5H,1-2H2. The lowest BCUT2D eigenvalue weighted by Gasteiger charge is -2.39. The SMILES string of the molecule is FC(F)=C(OOCC1COc2cscc2O1)C(F)(F)C(F)(F)C(F)(F)C(F)(F)C(F)(F)C(F)(F)F. The van der Waals surface area contributed by atoms with Crippen LogP contribution in [0.1, 0.15) is 0 Å². The van der Waals surface area contributed by atoms with Gasteiger partial charge in [0.1, 0.15) is 13.2 Å². The second kappa shape index (κ2) is 9.00. The third-order valence-electron chi connectivity index (χ3n) is 4.10. The minimum atomic E-state index is -8.28. The summed E-state index contributed by atoms with van der Waals surface area (Å²) in [7, 11) is 0. The normalized spacial score (nSPS) is 17.9. The Hall–Kier alpha value is -2.25. The lowest BCUT2D eigenvalue weighted by atomic mass is 9.93. The monoisotopic (exact) mass is 568 g/mol. The van der Waals surface area contributed by atoms with Crippen molar-refractivity contribution in [2.45, 2.75) is 41.9 Å². The van der Waals surface area contributed by atoms with E-state index in [1.54, 1.807) is 0 Å². The van der Waals surface area contributed by atoms with Crippen LogP contribution in [0.5, 0.6) is 11.5 Å². The van der Waals surface area contributed by atoms with Crippen molar-refractivity contribution >= 4 is 11.3 Å². The van der Waals surface area contributed by atoms with Crippen LogP contribution in [0.4, 0.5) is 65.9 Å². The summed E-state index contributed by atoms with van der Waals surface area (Å²) in [4.78, 5) is 6.94. The van der Waals surface area contributed by atoms with Crippen molar-refractivity contribution in [2.24, 2.45) is 0 Å². The summed E-state index contributed by atoms with van der Waals surface area (Å²) >= 11 is 1.04. The minimum absolute atomic E-state index is 0.0200. The van der Waals surface area contributed by atoms with Gasteiger partial charge in [0.15, 0.2) is 17.6 Å². The molecule has 0 fully saturated rings. The van der Waals surface area contributed by atoms with E-state index in [-0.39, 0.29) is 11.5 Å². The highest BCUT2D eigenvalue weighted by molar-refractivity contribution is 7.08. The Balaban J connectivity index is 2.27. The third kappa shape index (κ3) is 4.65. The zero-order valence-electron chi connectivity index (χ0n) is 15.9. The van der Waals surface area contributed by atoms with Gasteiger partial charge in [-0.15, -0.1) is 11.3 Å². The zero-order chi connectivity index (χ0) is 27.3. The number of alkyl halides is 13. The van der Waals surface area contributed by atoms with Gasteiger partial charge in [-0.05, 0) is 0 Å². The summed E-state index contributed by atoms with van der Waals surface area (Å²) in [5.41, 5.74) is 0. The Bertz CT molecular complexity index is 935. The molecule has 202 valence electrons. The Morgan fingerprint density at radius 3 is 1.83 bits per heavy atom. The van der Waals surface area contributed by atoms with Gasteiger partial charge in [-0.2, -0.15) is 70.7 Å². The van der Waals surface area contributed by atoms with Crippen molar-refractivity contribution in [3.05, 3.63) is 22.6 Å². The summed E-state index contributed by atoms with van der Waals surface area (Å²) in [6, 6.07) is 0. The van der Waals surface area contributed by atoms with Crippen LogP contribution in [0, 0.1) is 0 Å². The molecule has 1 aliphatic heterocycles. The van der Waals surface area contributed by atoms with Crippen molar-refractivity contribution < 1.29 is 85.1 Å². The lowest BCUT2D eigenvalue weighted by molar-refractivity contribution is -0.442. The number of allylic oxidation sites excluding steroid dienone is 1. The molecular formula is C15H7F15O4S. The number of hydrogen-bond acceptors (Lipinski definition) is 5. The number of halogens is 15. The van der Waals surface area contributed by atoms with Crippen LogP contribution in [0.15, 0.2) is 22.6 Å². The Morgan fingerprint density at radius 1 is 0.800 bits per heavy atom. The van der Waals surface area contributed by atoms with Gasteiger partial charge in [-0.3, -0.25) is 0 Å². The molecule has 20 heteroatoms. The predicted octanol–water partition coefficient (Wildman–Crippen LogP) is 6.68. The van der Waals surface area contributed by atoms with Crippen LogP contribution in [0.2, 0.25) is 0 Å². The fourth-order valence-corrected chi connectivity index (χ4v) is 2.90. The topological polar surface area (TPSA) is 36.9 Å². The number of ether oxygens (including phenoxy) is 2. The summed E-state index contributed by atoms with van der Waals surface area (Å²) in [5, 5.41) is 2.74. The molecule has 0 spiro atoms. The van der Waals surface area contributed by atoms with Gasteiger partial charge >= 0.3 is 41.9 Å². The maximum absolute atomic E-state index is 13.9. The van der Waals surface area contributed by atoms with Crippen molar-refractivity contribution in [1.29, 1.82) is 0 Å². The molecule has 1 aromatic rings. The molecule has 0 amide bonds. The summed E-state index contributed by atoms with van der Waals surface area (Å²) in [5.74, 6) is -43.5. The fourth-order valence-electron chi connectivity index (χ4n) is 2.23. The summed E-state index contributed by atoms with van der Waals surface area (Å²) in [6.45, 7) is -1.69. The van der Waals surface area contributed by atoms with E-state index in [0.717, 1.165) is 11.3 Å². The smallest absolute Gasteiger partial charge is 0.460 e. The molecule has 35 heavy (non-hydrogen) atoms. The highest BCUT2D eigenvalue weighted by atomic mass is 32.1. The van der Waals surface area contributed by atoms with Crippen LogP contribution >= 0.6 is 11.3 Å². The van der Waals surface area contributed by atoms with E-state index in [1.165, 1.54) is 10.8 Å². The maximum Gasteiger partial charge on any atom is 0.460 e. The van der Waals surface area contributed by atoms with Gasteiger partial charge in [0.05, 0.1) is 0 Å². The van der Waals surface area contributed by atoms with Crippen LogP contribution in [-0.2, 0) is 9.78 Å². The van der Waals surface area contributed by atoms with Crippen LogP contribution in [-0.4, -0.2) is 55.1 Å². The van der Waals surface area contributed by atoms with Gasteiger partial charge < -0.3 is 14.4 Å². The summed E-state index contributed by atoms with van der Waals surface area (Å²) in [6.07, 6.45) is -13.1. The number of rotatable bonds is 9. The van der Waals surface area contributed by atoms with E-state index in [4.69, 9.17) is 9.47 Å². The number of hydrogen-bond donors (Lipinski definition) is 0.